The highest BCUT2D eigenvalue weighted by atomic mass is 19.1. The summed E-state index contributed by atoms with van der Waals surface area (Å²) in [6.07, 6.45) is 3.90. The van der Waals surface area contributed by atoms with Gasteiger partial charge in [0.2, 0.25) is 0 Å². The molecule has 1 atom stereocenters. The number of aliphatic hydroxyl groups is 1. The van der Waals surface area contributed by atoms with Gasteiger partial charge in [-0.3, -0.25) is 4.79 Å². The summed E-state index contributed by atoms with van der Waals surface area (Å²) in [4.78, 5) is 19.2. The number of alkyl halides is 1. The maximum Gasteiger partial charge on any atom is 0.254 e. The number of carbonyl (C=O) groups is 1. The lowest BCUT2D eigenvalue weighted by Crippen LogP contribution is -2.46. The monoisotopic (exact) mass is 467 g/mol. The molecule has 0 saturated carbocycles. The van der Waals surface area contributed by atoms with Crippen molar-refractivity contribution in [2.45, 2.75) is 57.3 Å². The number of amides is 1. The Morgan fingerprint density at radius 2 is 1.59 bits per heavy atom. The van der Waals surface area contributed by atoms with Gasteiger partial charge in [-0.1, -0.05) is 24.3 Å². The molecule has 34 heavy (non-hydrogen) atoms. The van der Waals surface area contributed by atoms with E-state index in [0.717, 1.165) is 49.9 Å². The summed E-state index contributed by atoms with van der Waals surface area (Å²) >= 11 is 0. The smallest absolute Gasteiger partial charge is 0.254 e. The van der Waals surface area contributed by atoms with Crippen LogP contribution in [0.25, 0.3) is 11.1 Å². The van der Waals surface area contributed by atoms with Crippen molar-refractivity contribution in [1.82, 2.24) is 9.80 Å². The molecule has 6 heteroatoms. The van der Waals surface area contributed by atoms with E-state index in [2.05, 4.69) is 41.1 Å². The molecule has 0 radical (unpaired) electrons. The Kier molecular flexibility index (Phi) is 7.58. The molecule has 0 unspecified atom stereocenters. The van der Waals surface area contributed by atoms with Gasteiger partial charge in [-0.15, -0.1) is 0 Å². The number of halogens is 1. The van der Waals surface area contributed by atoms with Crippen molar-refractivity contribution in [2.24, 2.45) is 0 Å². The number of anilines is 1. The summed E-state index contributed by atoms with van der Waals surface area (Å²) in [5.41, 5.74) is 2.90. The lowest BCUT2D eigenvalue weighted by molar-refractivity contribution is 0.0677. The first kappa shape index (κ1) is 24.7. The molecule has 184 valence electrons. The fourth-order valence-electron chi connectivity index (χ4n) is 5.36. The third kappa shape index (κ3) is 5.78. The molecule has 0 aromatic heterocycles. The normalized spacial score (nSPS) is 20.0. The molecule has 0 spiro atoms. The molecule has 2 aliphatic heterocycles. The van der Waals surface area contributed by atoms with E-state index in [1.54, 1.807) is 18.7 Å². The Balaban J connectivity index is 1.36. The molecular weight excluding hydrogens is 429 g/mol. The highest BCUT2D eigenvalue weighted by Crippen LogP contribution is 2.28. The summed E-state index contributed by atoms with van der Waals surface area (Å²) in [5.74, 6) is 0.00111. The summed E-state index contributed by atoms with van der Waals surface area (Å²) in [6.45, 7) is 6.41. The quantitative estimate of drug-likeness (QED) is 0.647. The van der Waals surface area contributed by atoms with Crippen molar-refractivity contribution in [1.29, 1.82) is 0 Å². The van der Waals surface area contributed by atoms with E-state index < -0.39 is 5.67 Å². The van der Waals surface area contributed by atoms with Crippen molar-refractivity contribution >= 4 is 11.6 Å². The summed E-state index contributed by atoms with van der Waals surface area (Å²) in [5, 5.41) is 9.51. The summed E-state index contributed by atoms with van der Waals surface area (Å²) < 4.78 is 14.0. The molecular formula is C28H38FN3O2. The van der Waals surface area contributed by atoms with Crippen molar-refractivity contribution in [3.8, 4) is 11.1 Å². The molecule has 4 rings (SSSR count). The van der Waals surface area contributed by atoms with Crippen molar-refractivity contribution in [2.75, 3.05) is 44.7 Å². The van der Waals surface area contributed by atoms with Gasteiger partial charge < -0.3 is 19.8 Å². The van der Waals surface area contributed by atoms with E-state index in [1.165, 1.54) is 5.69 Å². The number of benzene rings is 2. The van der Waals surface area contributed by atoms with Crippen LogP contribution >= 0.6 is 0 Å². The Hall–Kier alpha value is -2.44. The van der Waals surface area contributed by atoms with E-state index in [9.17, 15) is 14.3 Å². The van der Waals surface area contributed by atoms with Crippen LogP contribution in [-0.2, 0) is 0 Å². The van der Waals surface area contributed by atoms with Gasteiger partial charge in [-0.2, -0.15) is 0 Å². The van der Waals surface area contributed by atoms with E-state index in [0.29, 0.717) is 24.7 Å². The fourth-order valence-corrected chi connectivity index (χ4v) is 5.36. The zero-order valence-electron chi connectivity index (χ0n) is 20.7. The third-order valence-corrected chi connectivity index (χ3v) is 7.29. The minimum Gasteiger partial charge on any atom is -0.394 e. The molecule has 2 aromatic carbocycles. The minimum atomic E-state index is -1.14. The van der Waals surface area contributed by atoms with Gasteiger partial charge in [0.25, 0.3) is 5.91 Å². The van der Waals surface area contributed by atoms with Crippen LogP contribution < -0.4 is 4.90 Å². The number of aliphatic hydroxyl groups excluding tert-OH is 1. The predicted octanol–water partition coefficient (Wildman–Crippen LogP) is 4.60. The van der Waals surface area contributed by atoms with Gasteiger partial charge >= 0.3 is 0 Å². The molecule has 2 heterocycles. The van der Waals surface area contributed by atoms with Gasteiger partial charge in [-0.05, 0) is 74.9 Å². The van der Waals surface area contributed by atoms with Crippen molar-refractivity contribution < 1.29 is 14.3 Å². The second kappa shape index (κ2) is 10.4. The Morgan fingerprint density at radius 1 is 1.00 bits per heavy atom. The Morgan fingerprint density at radius 3 is 2.15 bits per heavy atom. The van der Waals surface area contributed by atoms with Crippen LogP contribution in [0.2, 0.25) is 0 Å². The maximum atomic E-state index is 14.0. The number of carbonyl (C=O) groups excluding carboxylic acids is 1. The molecule has 0 bridgehead atoms. The summed E-state index contributed by atoms with van der Waals surface area (Å²) in [7, 11) is 2.15. The van der Waals surface area contributed by atoms with Gasteiger partial charge in [0.1, 0.15) is 5.67 Å². The van der Waals surface area contributed by atoms with Crippen LogP contribution in [0, 0.1) is 0 Å². The van der Waals surface area contributed by atoms with E-state index in [4.69, 9.17) is 0 Å². The topological polar surface area (TPSA) is 47.0 Å². The maximum absolute atomic E-state index is 14.0. The van der Waals surface area contributed by atoms with Gasteiger partial charge in [0.15, 0.2) is 0 Å². The van der Waals surface area contributed by atoms with Crippen molar-refractivity contribution in [3.05, 3.63) is 54.1 Å². The molecule has 5 nitrogen and oxygen atoms in total. The predicted molar refractivity (Wildman–Crippen MR) is 136 cm³/mol. The number of piperidine rings is 1. The van der Waals surface area contributed by atoms with Crippen LogP contribution in [-0.4, -0.2) is 78.4 Å². The minimum absolute atomic E-state index is 0.00111. The first-order valence-electron chi connectivity index (χ1n) is 12.5. The van der Waals surface area contributed by atoms with Gasteiger partial charge in [-0.25, -0.2) is 4.39 Å². The number of hydrogen-bond donors (Lipinski definition) is 1. The van der Waals surface area contributed by atoms with Gasteiger partial charge in [0.05, 0.1) is 12.6 Å². The van der Waals surface area contributed by atoms with Gasteiger partial charge in [0, 0.05) is 50.5 Å². The highest BCUT2D eigenvalue weighted by Gasteiger charge is 2.29. The first-order chi connectivity index (χ1) is 16.2. The largest absolute Gasteiger partial charge is 0.394 e. The molecule has 2 aliphatic rings. The Bertz CT molecular complexity index is 947. The van der Waals surface area contributed by atoms with Crippen LogP contribution in [0.4, 0.5) is 10.1 Å². The number of likely N-dealkylation sites (tertiary alicyclic amines) is 2. The Labute approximate surface area is 203 Å². The van der Waals surface area contributed by atoms with Crippen LogP contribution in [0.5, 0.6) is 0 Å². The fraction of sp³-hybridized carbons (Fsp3) is 0.536. The van der Waals surface area contributed by atoms with E-state index in [-0.39, 0.29) is 18.6 Å². The third-order valence-electron chi connectivity index (χ3n) is 7.29. The molecule has 2 fully saturated rings. The number of rotatable bonds is 7. The average molecular weight is 468 g/mol. The highest BCUT2D eigenvalue weighted by molar-refractivity contribution is 5.95. The number of nitrogens with zero attached hydrogens (tertiary/aromatic N) is 3. The lowest BCUT2D eigenvalue weighted by atomic mass is 10.00. The standard InChI is InChI=1S/C28H38FN3O2/c1-28(2,29)20-31-17-14-25(15-18-31)30(3)24-12-10-22(11-13-24)21-6-8-23(9-7-21)27(34)32-16-4-5-26(32)19-33/h6-13,25-26,33H,4-5,14-20H2,1-3H3/t26-/m0/s1. The molecule has 0 aliphatic carbocycles. The van der Waals surface area contributed by atoms with Crippen molar-refractivity contribution in [3.63, 3.8) is 0 Å². The second-order valence-electron chi connectivity index (χ2n) is 10.4. The molecule has 1 N–H and O–H groups in total. The van der Waals surface area contributed by atoms with Crippen LogP contribution in [0.3, 0.4) is 0 Å². The lowest BCUT2D eigenvalue weighted by Gasteiger charge is -2.39. The average Bonchev–Trinajstić information content (AvgIpc) is 3.32. The first-order valence-corrected chi connectivity index (χ1v) is 12.5. The molecule has 1 amide bonds. The molecule has 2 aromatic rings. The number of hydrogen-bond acceptors (Lipinski definition) is 4. The summed E-state index contributed by atoms with van der Waals surface area (Å²) in [6, 6.07) is 16.7. The zero-order valence-corrected chi connectivity index (χ0v) is 20.7. The van der Waals surface area contributed by atoms with E-state index >= 15 is 0 Å². The zero-order chi connectivity index (χ0) is 24.3. The molecule has 2 saturated heterocycles. The second-order valence-corrected chi connectivity index (χ2v) is 10.4. The van der Waals surface area contributed by atoms with Crippen LogP contribution in [0.1, 0.15) is 49.9 Å². The van der Waals surface area contributed by atoms with Crippen LogP contribution in [0.15, 0.2) is 48.5 Å². The van der Waals surface area contributed by atoms with E-state index in [1.807, 2.05) is 24.3 Å². The SMILES string of the molecule is CN(c1ccc(-c2ccc(C(=O)N3CCC[C@H]3CO)cc2)cc1)C1CCN(CC(C)(C)F)CC1.